The van der Waals surface area contributed by atoms with Crippen molar-refractivity contribution < 1.29 is 38.1 Å². The Labute approximate surface area is 207 Å². The molecule has 1 fully saturated rings. The summed E-state index contributed by atoms with van der Waals surface area (Å²) in [6.07, 6.45) is 2.38. The summed E-state index contributed by atoms with van der Waals surface area (Å²) >= 11 is 0. The molecule has 3 rings (SSSR count). The first-order valence-corrected chi connectivity index (χ1v) is 12.2. The molecular formula is C27H38O8. The summed E-state index contributed by atoms with van der Waals surface area (Å²) in [6, 6.07) is 0. The molecule has 0 aromatic rings. The zero-order chi connectivity index (χ0) is 26.3. The van der Waals surface area contributed by atoms with Crippen LogP contribution in [0.4, 0.5) is 0 Å². The van der Waals surface area contributed by atoms with Crippen molar-refractivity contribution in [1.29, 1.82) is 0 Å². The third-order valence-electron chi connectivity index (χ3n) is 8.50. The van der Waals surface area contributed by atoms with Crippen LogP contribution < -0.4 is 0 Å². The van der Waals surface area contributed by atoms with Gasteiger partial charge in [0.25, 0.3) is 0 Å². The number of carbonyl (C=O) groups excluding carboxylic acids is 4. The SMILES string of the molecule is C=C[C@@]1(C)C[C@@H](OC(C)=O)C2=C([C@H]1OC(C)=O)[C@H](OC(C)=O)C[C@H]1[C@](C)(C(=O)OC)CCC[C@]21C. The highest BCUT2D eigenvalue weighted by atomic mass is 16.6. The van der Waals surface area contributed by atoms with Gasteiger partial charge in [0.05, 0.1) is 12.5 Å². The number of ether oxygens (including phenoxy) is 4. The monoisotopic (exact) mass is 490 g/mol. The van der Waals surface area contributed by atoms with Gasteiger partial charge in [0.15, 0.2) is 0 Å². The molecule has 35 heavy (non-hydrogen) atoms. The minimum absolute atomic E-state index is 0.247. The number of carbonyl (C=O) groups is 4. The van der Waals surface area contributed by atoms with E-state index in [4.69, 9.17) is 18.9 Å². The lowest BCUT2D eigenvalue weighted by molar-refractivity contribution is -0.173. The number of methoxy groups -OCH3 is 1. The van der Waals surface area contributed by atoms with Crippen LogP contribution in [0, 0.1) is 22.2 Å². The van der Waals surface area contributed by atoms with Crippen LogP contribution in [0.2, 0.25) is 0 Å². The van der Waals surface area contributed by atoms with Crippen LogP contribution in [0.1, 0.15) is 73.6 Å². The molecule has 8 heteroatoms. The van der Waals surface area contributed by atoms with Crippen molar-refractivity contribution in [3.05, 3.63) is 23.8 Å². The van der Waals surface area contributed by atoms with Gasteiger partial charge in [0, 0.05) is 38.2 Å². The van der Waals surface area contributed by atoms with Gasteiger partial charge in [-0.15, -0.1) is 6.58 Å². The summed E-state index contributed by atoms with van der Waals surface area (Å²) in [5.41, 5.74) is -0.741. The Bertz CT molecular complexity index is 966. The topological polar surface area (TPSA) is 105 Å². The maximum Gasteiger partial charge on any atom is 0.311 e. The Balaban J connectivity index is 2.36. The molecule has 0 N–H and O–H groups in total. The lowest BCUT2D eigenvalue weighted by Crippen LogP contribution is -2.60. The molecule has 0 aromatic carbocycles. The average molecular weight is 491 g/mol. The van der Waals surface area contributed by atoms with Gasteiger partial charge in [-0.05, 0) is 43.1 Å². The van der Waals surface area contributed by atoms with E-state index in [2.05, 4.69) is 13.5 Å². The lowest BCUT2D eigenvalue weighted by Gasteiger charge is -2.60. The number of fused-ring (bicyclic) bond motifs is 2. The van der Waals surface area contributed by atoms with Gasteiger partial charge in [-0.2, -0.15) is 0 Å². The Kier molecular flexibility index (Phi) is 7.26. The second-order valence-electron chi connectivity index (χ2n) is 10.9. The van der Waals surface area contributed by atoms with E-state index in [9.17, 15) is 19.2 Å². The lowest BCUT2D eigenvalue weighted by atomic mass is 9.46. The highest BCUT2D eigenvalue weighted by molar-refractivity contribution is 5.77. The van der Waals surface area contributed by atoms with Crippen molar-refractivity contribution in [1.82, 2.24) is 0 Å². The third-order valence-corrected chi connectivity index (χ3v) is 8.50. The zero-order valence-electron chi connectivity index (χ0n) is 21.9. The molecule has 0 saturated heterocycles. The molecule has 0 aromatic heterocycles. The molecule has 1 saturated carbocycles. The van der Waals surface area contributed by atoms with E-state index in [1.165, 1.54) is 27.9 Å². The molecule has 0 heterocycles. The molecule has 0 radical (unpaired) electrons. The fourth-order valence-corrected chi connectivity index (χ4v) is 7.03. The summed E-state index contributed by atoms with van der Waals surface area (Å²) in [4.78, 5) is 49.8. The van der Waals surface area contributed by atoms with Crippen molar-refractivity contribution in [3.63, 3.8) is 0 Å². The zero-order valence-corrected chi connectivity index (χ0v) is 21.9. The normalized spacial score (nSPS) is 38.4. The van der Waals surface area contributed by atoms with Crippen LogP contribution >= 0.6 is 0 Å². The predicted molar refractivity (Wildman–Crippen MR) is 127 cm³/mol. The minimum Gasteiger partial charge on any atom is -0.469 e. The van der Waals surface area contributed by atoms with E-state index < -0.39 is 52.5 Å². The quantitative estimate of drug-likeness (QED) is 0.323. The van der Waals surface area contributed by atoms with Crippen LogP contribution in [-0.4, -0.2) is 49.3 Å². The minimum atomic E-state index is -0.824. The first kappa shape index (κ1) is 27.0. The van der Waals surface area contributed by atoms with E-state index in [-0.39, 0.29) is 11.9 Å². The van der Waals surface area contributed by atoms with E-state index >= 15 is 0 Å². The average Bonchev–Trinajstić information content (AvgIpc) is 2.75. The molecule has 3 aliphatic rings. The first-order valence-electron chi connectivity index (χ1n) is 12.2. The van der Waals surface area contributed by atoms with Crippen LogP contribution in [0.3, 0.4) is 0 Å². The summed E-state index contributed by atoms with van der Waals surface area (Å²) in [5, 5.41) is 0. The van der Waals surface area contributed by atoms with Crippen molar-refractivity contribution >= 4 is 23.9 Å². The van der Waals surface area contributed by atoms with Crippen molar-refractivity contribution in [2.24, 2.45) is 22.2 Å². The summed E-state index contributed by atoms with van der Waals surface area (Å²) in [6.45, 7) is 13.9. The Morgan fingerprint density at radius 2 is 1.49 bits per heavy atom. The Hall–Kier alpha value is -2.64. The molecular weight excluding hydrogens is 452 g/mol. The van der Waals surface area contributed by atoms with Gasteiger partial charge in [-0.25, -0.2) is 0 Å². The number of hydrogen-bond donors (Lipinski definition) is 0. The van der Waals surface area contributed by atoms with Crippen LogP contribution in [-0.2, 0) is 38.1 Å². The third kappa shape index (κ3) is 4.52. The largest absolute Gasteiger partial charge is 0.469 e. The summed E-state index contributed by atoms with van der Waals surface area (Å²) in [7, 11) is 1.38. The standard InChI is InChI=1S/C27H38O8/c1-9-25(5)14-19(34-16(3)29)22-21(23(25)35-17(4)30)18(33-15(2)28)13-20-26(22,6)11-10-12-27(20,7)24(31)32-8/h9,18-20,23H,1,10-14H2,2-8H3/t18-,19-,20-,23-,25+,26+,27-/m1/s1. The number of hydrogen-bond acceptors (Lipinski definition) is 8. The Morgan fingerprint density at radius 1 is 0.914 bits per heavy atom. The molecule has 0 unspecified atom stereocenters. The Morgan fingerprint density at radius 3 is 2.00 bits per heavy atom. The number of esters is 4. The second kappa shape index (κ2) is 9.43. The number of rotatable bonds is 5. The predicted octanol–water partition coefficient (Wildman–Crippen LogP) is 4.06. The highest BCUT2D eigenvalue weighted by Gasteiger charge is 2.63. The first-order chi connectivity index (χ1) is 16.2. The van der Waals surface area contributed by atoms with E-state index in [1.807, 2.05) is 13.8 Å². The molecule has 0 aliphatic heterocycles. The van der Waals surface area contributed by atoms with Crippen molar-refractivity contribution in [2.45, 2.75) is 92.0 Å². The summed E-state index contributed by atoms with van der Waals surface area (Å²) in [5.74, 6) is -1.97. The second-order valence-corrected chi connectivity index (χ2v) is 10.9. The van der Waals surface area contributed by atoms with Crippen molar-refractivity contribution in [2.75, 3.05) is 7.11 Å². The van der Waals surface area contributed by atoms with Gasteiger partial charge in [0.1, 0.15) is 18.3 Å². The van der Waals surface area contributed by atoms with Crippen molar-refractivity contribution in [3.8, 4) is 0 Å². The maximum absolute atomic E-state index is 13.1. The van der Waals surface area contributed by atoms with Gasteiger partial charge in [0.2, 0.25) is 0 Å². The molecule has 7 atom stereocenters. The molecule has 0 spiro atoms. The van der Waals surface area contributed by atoms with Crippen LogP contribution in [0.5, 0.6) is 0 Å². The fourth-order valence-electron chi connectivity index (χ4n) is 7.03. The highest BCUT2D eigenvalue weighted by Crippen LogP contribution is 2.64. The molecule has 194 valence electrons. The van der Waals surface area contributed by atoms with Gasteiger partial charge in [-0.1, -0.05) is 26.3 Å². The van der Waals surface area contributed by atoms with Crippen LogP contribution in [0.25, 0.3) is 0 Å². The summed E-state index contributed by atoms with van der Waals surface area (Å²) < 4.78 is 22.9. The van der Waals surface area contributed by atoms with Gasteiger partial charge in [-0.3, -0.25) is 19.2 Å². The van der Waals surface area contributed by atoms with E-state index in [0.29, 0.717) is 24.8 Å². The molecule has 0 bridgehead atoms. The van der Waals surface area contributed by atoms with Gasteiger partial charge < -0.3 is 18.9 Å². The van der Waals surface area contributed by atoms with E-state index in [0.717, 1.165) is 18.4 Å². The molecule has 3 aliphatic carbocycles. The smallest absolute Gasteiger partial charge is 0.311 e. The van der Waals surface area contributed by atoms with E-state index in [1.54, 1.807) is 6.08 Å². The molecule has 0 amide bonds. The van der Waals surface area contributed by atoms with Crippen LogP contribution in [0.15, 0.2) is 23.8 Å². The molecule has 8 nitrogen and oxygen atoms in total. The van der Waals surface area contributed by atoms with Gasteiger partial charge >= 0.3 is 23.9 Å². The fraction of sp³-hybridized carbons (Fsp3) is 0.704. The maximum atomic E-state index is 13.1.